The van der Waals surface area contributed by atoms with Gasteiger partial charge in [0.25, 0.3) is 0 Å². The lowest BCUT2D eigenvalue weighted by molar-refractivity contribution is -0.167. The first-order valence-electron chi connectivity index (χ1n) is 5.64. The van der Waals surface area contributed by atoms with Gasteiger partial charge in [0.1, 0.15) is 0 Å². The standard InChI is InChI=1S/C11H19NO2/c12-7-11(10(13)14)6-8-4-2-1-3-5-9(8)11/h8-9H,1-7,12H2,(H,13,14)/t8-,9-,11-/m0/s1. The van der Waals surface area contributed by atoms with Crippen molar-refractivity contribution in [3.05, 3.63) is 0 Å². The molecule has 3 heteroatoms. The minimum absolute atomic E-state index is 0.323. The van der Waals surface area contributed by atoms with Crippen LogP contribution >= 0.6 is 0 Å². The summed E-state index contributed by atoms with van der Waals surface area (Å²) in [6.07, 6.45) is 6.86. The second-order valence-electron chi connectivity index (χ2n) is 4.87. The smallest absolute Gasteiger partial charge is 0.311 e. The third-order valence-corrected chi connectivity index (χ3v) is 4.29. The average Bonchev–Trinajstić information content (AvgIpc) is 2.30. The molecule has 0 aliphatic heterocycles. The van der Waals surface area contributed by atoms with Crippen molar-refractivity contribution in [2.45, 2.75) is 38.5 Å². The molecule has 0 radical (unpaired) electrons. The quantitative estimate of drug-likeness (QED) is 0.707. The highest BCUT2D eigenvalue weighted by atomic mass is 16.4. The third-order valence-electron chi connectivity index (χ3n) is 4.29. The van der Waals surface area contributed by atoms with E-state index in [-0.39, 0.29) is 0 Å². The van der Waals surface area contributed by atoms with Crippen LogP contribution in [-0.2, 0) is 4.79 Å². The molecule has 14 heavy (non-hydrogen) atoms. The van der Waals surface area contributed by atoms with Gasteiger partial charge in [-0.3, -0.25) is 4.79 Å². The maximum absolute atomic E-state index is 11.2. The van der Waals surface area contributed by atoms with Gasteiger partial charge < -0.3 is 10.8 Å². The van der Waals surface area contributed by atoms with E-state index in [1.54, 1.807) is 0 Å². The predicted octanol–water partition coefficient (Wildman–Crippen LogP) is 1.62. The maximum atomic E-state index is 11.2. The molecule has 2 aliphatic carbocycles. The Morgan fingerprint density at radius 1 is 1.36 bits per heavy atom. The van der Waals surface area contributed by atoms with Gasteiger partial charge in [0.2, 0.25) is 0 Å². The van der Waals surface area contributed by atoms with Crippen LogP contribution in [0.15, 0.2) is 0 Å². The van der Waals surface area contributed by atoms with Crippen LogP contribution in [0, 0.1) is 17.3 Å². The zero-order chi connectivity index (χ0) is 10.2. The van der Waals surface area contributed by atoms with Crippen molar-refractivity contribution < 1.29 is 9.90 Å². The Hall–Kier alpha value is -0.570. The molecule has 3 N–H and O–H groups in total. The van der Waals surface area contributed by atoms with Gasteiger partial charge in [-0.05, 0) is 24.7 Å². The predicted molar refractivity (Wildman–Crippen MR) is 53.8 cm³/mol. The molecular weight excluding hydrogens is 178 g/mol. The SMILES string of the molecule is NC[C@@]1(C(=O)O)C[C@@H]2CCCCC[C@@H]21. The molecule has 0 unspecified atom stereocenters. The molecule has 0 saturated heterocycles. The van der Waals surface area contributed by atoms with Gasteiger partial charge in [-0.2, -0.15) is 0 Å². The normalized spacial score (nSPS) is 42.1. The summed E-state index contributed by atoms with van der Waals surface area (Å²) in [5, 5.41) is 9.23. The summed E-state index contributed by atoms with van der Waals surface area (Å²) >= 11 is 0. The van der Waals surface area contributed by atoms with E-state index in [1.165, 1.54) is 25.7 Å². The van der Waals surface area contributed by atoms with E-state index in [0.29, 0.717) is 18.4 Å². The summed E-state index contributed by atoms with van der Waals surface area (Å²) in [7, 11) is 0. The summed E-state index contributed by atoms with van der Waals surface area (Å²) in [6.45, 7) is 0.323. The Morgan fingerprint density at radius 3 is 2.71 bits per heavy atom. The summed E-state index contributed by atoms with van der Waals surface area (Å²) in [4.78, 5) is 11.2. The molecule has 80 valence electrons. The Labute approximate surface area is 84.7 Å². The van der Waals surface area contributed by atoms with Crippen molar-refractivity contribution in [1.29, 1.82) is 0 Å². The first-order valence-corrected chi connectivity index (χ1v) is 5.64. The van der Waals surface area contributed by atoms with Crippen LogP contribution in [0.2, 0.25) is 0 Å². The molecule has 0 amide bonds. The number of carbonyl (C=O) groups is 1. The molecule has 2 fully saturated rings. The lowest BCUT2D eigenvalue weighted by Crippen LogP contribution is -2.56. The van der Waals surface area contributed by atoms with E-state index in [0.717, 1.165) is 12.8 Å². The zero-order valence-corrected chi connectivity index (χ0v) is 8.54. The lowest BCUT2D eigenvalue weighted by atomic mass is 9.52. The van der Waals surface area contributed by atoms with Crippen molar-refractivity contribution in [3.8, 4) is 0 Å². The van der Waals surface area contributed by atoms with Crippen LogP contribution in [0.25, 0.3) is 0 Å². The summed E-state index contributed by atoms with van der Waals surface area (Å²) in [6, 6.07) is 0. The molecule has 0 aromatic rings. The van der Waals surface area contributed by atoms with E-state index in [1.807, 2.05) is 0 Å². The summed E-state index contributed by atoms with van der Waals surface area (Å²) in [5.74, 6) is 0.354. The molecule has 0 bridgehead atoms. The summed E-state index contributed by atoms with van der Waals surface area (Å²) < 4.78 is 0. The molecule has 3 nitrogen and oxygen atoms in total. The molecule has 2 rings (SSSR count). The minimum atomic E-state index is -0.664. The number of nitrogens with two attached hydrogens (primary N) is 1. The van der Waals surface area contributed by atoms with Crippen LogP contribution in [0.3, 0.4) is 0 Å². The van der Waals surface area contributed by atoms with E-state index < -0.39 is 11.4 Å². The number of aliphatic carboxylic acids is 1. The Balaban J connectivity index is 2.12. The fourth-order valence-electron chi connectivity index (χ4n) is 3.38. The van der Waals surface area contributed by atoms with Crippen LogP contribution in [-0.4, -0.2) is 17.6 Å². The molecule has 0 heterocycles. The lowest BCUT2D eigenvalue weighted by Gasteiger charge is -2.51. The molecule has 3 atom stereocenters. The molecule has 0 aromatic heterocycles. The van der Waals surface area contributed by atoms with Crippen molar-refractivity contribution in [2.24, 2.45) is 23.0 Å². The molecular formula is C11H19NO2. The van der Waals surface area contributed by atoms with E-state index in [4.69, 9.17) is 5.73 Å². The molecule has 0 aromatic carbocycles. The Kier molecular flexibility index (Phi) is 2.52. The van der Waals surface area contributed by atoms with Crippen LogP contribution in [0.5, 0.6) is 0 Å². The highest BCUT2D eigenvalue weighted by molar-refractivity contribution is 5.77. The highest BCUT2D eigenvalue weighted by Gasteiger charge is 2.57. The second-order valence-corrected chi connectivity index (χ2v) is 4.87. The number of carboxylic acids is 1. The first kappa shape index (κ1) is 9.97. The van der Waals surface area contributed by atoms with Gasteiger partial charge in [-0.25, -0.2) is 0 Å². The first-order chi connectivity index (χ1) is 6.70. The molecule has 2 saturated carbocycles. The fraction of sp³-hybridized carbons (Fsp3) is 0.909. The van der Waals surface area contributed by atoms with Crippen molar-refractivity contribution >= 4 is 5.97 Å². The summed E-state index contributed by atoms with van der Waals surface area (Å²) in [5.41, 5.74) is 5.09. The number of hydrogen-bond acceptors (Lipinski definition) is 2. The van der Waals surface area contributed by atoms with Gasteiger partial charge in [-0.15, -0.1) is 0 Å². The minimum Gasteiger partial charge on any atom is -0.481 e. The third kappa shape index (κ3) is 1.26. The average molecular weight is 197 g/mol. The number of rotatable bonds is 2. The highest BCUT2D eigenvalue weighted by Crippen LogP contribution is 2.56. The number of carboxylic acid groups (broad SMARTS) is 1. The maximum Gasteiger partial charge on any atom is 0.311 e. The Morgan fingerprint density at radius 2 is 2.07 bits per heavy atom. The largest absolute Gasteiger partial charge is 0.481 e. The van der Waals surface area contributed by atoms with Gasteiger partial charge >= 0.3 is 5.97 Å². The van der Waals surface area contributed by atoms with E-state index >= 15 is 0 Å². The fourth-order valence-corrected chi connectivity index (χ4v) is 3.38. The van der Waals surface area contributed by atoms with Crippen molar-refractivity contribution in [2.75, 3.05) is 6.54 Å². The topological polar surface area (TPSA) is 63.3 Å². The van der Waals surface area contributed by atoms with Crippen LogP contribution in [0.1, 0.15) is 38.5 Å². The van der Waals surface area contributed by atoms with Gasteiger partial charge in [0.05, 0.1) is 5.41 Å². The van der Waals surface area contributed by atoms with Crippen molar-refractivity contribution in [3.63, 3.8) is 0 Å². The Bertz CT molecular complexity index is 241. The second kappa shape index (κ2) is 3.54. The van der Waals surface area contributed by atoms with E-state index in [2.05, 4.69) is 0 Å². The van der Waals surface area contributed by atoms with Crippen molar-refractivity contribution in [1.82, 2.24) is 0 Å². The van der Waals surface area contributed by atoms with Gasteiger partial charge in [0, 0.05) is 6.54 Å². The monoisotopic (exact) mass is 197 g/mol. The number of hydrogen-bond donors (Lipinski definition) is 2. The molecule has 2 aliphatic rings. The molecule has 0 spiro atoms. The zero-order valence-electron chi connectivity index (χ0n) is 8.54. The van der Waals surface area contributed by atoms with Gasteiger partial charge in [-0.1, -0.05) is 25.7 Å². The van der Waals surface area contributed by atoms with E-state index in [9.17, 15) is 9.90 Å². The number of fused-ring (bicyclic) bond motifs is 1. The van der Waals surface area contributed by atoms with Crippen LogP contribution in [0.4, 0.5) is 0 Å². The van der Waals surface area contributed by atoms with Crippen LogP contribution < -0.4 is 5.73 Å². The van der Waals surface area contributed by atoms with Gasteiger partial charge in [0.15, 0.2) is 0 Å².